The minimum Gasteiger partial charge on any atom is -0.342 e. The van der Waals surface area contributed by atoms with Gasteiger partial charge < -0.3 is 10.6 Å². The van der Waals surface area contributed by atoms with Crippen molar-refractivity contribution >= 4 is 5.91 Å². The number of carbonyl (C=O) groups excluding carboxylic acids is 1. The second kappa shape index (κ2) is 4.97. The summed E-state index contributed by atoms with van der Waals surface area (Å²) in [6, 6.07) is 0.445. The van der Waals surface area contributed by atoms with E-state index in [4.69, 9.17) is 5.73 Å². The van der Waals surface area contributed by atoms with Crippen LogP contribution in [0.1, 0.15) is 51.9 Å². The van der Waals surface area contributed by atoms with Gasteiger partial charge in [0.05, 0.1) is 5.41 Å². The lowest BCUT2D eigenvalue weighted by Gasteiger charge is -2.45. The summed E-state index contributed by atoms with van der Waals surface area (Å²) in [5.74, 6) is 0.956. The van der Waals surface area contributed by atoms with Crippen LogP contribution in [0.3, 0.4) is 0 Å². The number of carbonyl (C=O) groups is 1. The van der Waals surface area contributed by atoms with Gasteiger partial charge >= 0.3 is 0 Å². The van der Waals surface area contributed by atoms with Crippen LogP contribution in [0.5, 0.6) is 0 Å². The lowest BCUT2D eigenvalue weighted by molar-refractivity contribution is -0.149. The molecule has 98 valence electrons. The molecule has 0 aromatic rings. The quantitative estimate of drug-likeness (QED) is 0.819. The highest BCUT2D eigenvalue weighted by Gasteiger charge is 2.46. The van der Waals surface area contributed by atoms with E-state index in [0.717, 1.165) is 19.3 Å². The Morgan fingerprint density at radius 2 is 1.94 bits per heavy atom. The van der Waals surface area contributed by atoms with Gasteiger partial charge in [-0.3, -0.25) is 4.79 Å². The van der Waals surface area contributed by atoms with Gasteiger partial charge in [0.25, 0.3) is 0 Å². The minimum atomic E-state index is -0.202. The summed E-state index contributed by atoms with van der Waals surface area (Å²) in [6.07, 6.45) is 8.17. The Kier molecular flexibility index (Phi) is 3.76. The average Bonchev–Trinajstić information content (AvgIpc) is 2.28. The molecule has 2 unspecified atom stereocenters. The highest BCUT2D eigenvalue weighted by atomic mass is 16.2. The molecule has 17 heavy (non-hydrogen) atoms. The van der Waals surface area contributed by atoms with E-state index in [1.54, 1.807) is 0 Å². The van der Waals surface area contributed by atoms with Gasteiger partial charge in [-0.25, -0.2) is 0 Å². The number of hydrogen-bond donors (Lipinski definition) is 1. The molecule has 2 N–H and O–H groups in total. The first-order valence-electron chi connectivity index (χ1n) is 7.08. The highest BCUT2D eigenvalue weighted by molar-refractivity contribution is 5.84. The van der Waals surface area contributed by atoms with E-state index < -0.39 is 0 Å². The third-order valence-corrected chi connectivity index (χ3v) is 5.04. The summed E-state index contributed by atoms with van der Waals surface area (Å²) in [7, 11) is 1.99. The molecule has 0 bridgehead atoms. The normalized spacial score (nSPS) is 31.7. The van der Waals surface area contributed by atoms with Gasteiger partial charge in [0.1, 0.15) is 0 Å². The zero-order valence-electron chi connectivity index (χ0n) is 11.2. The van der Waals surface area contributed by atoms with E-state index in [0.29, 0.717) is 24.4 Å². The monoisotopic (exact) mass is 238 g/mol. The predicted octanol–water partition coefficient (Wildman–Crippen LogP) is 2.15. The van der Waals surface area contributed by atoms with E-state index in [9.17, 15) is 4.79 Å². The molecule has 0 radical (unpaired) electrons. The van der Waals surface area contributed by atoms with Crippen molar-refractivity contribution in [3.05, 3.63) is 0 Å². The molecular formula is C14H26N2O. The van der Waals surface area contributed by atoms with Crippen LogP contribution in [-0.2, 0) is 4.79 Å². The van der Waals surface area contributed by atoms with Crippen molar-refractivity contribution in [1.82, 2.24) is 4.90 Å². The van der Waals surface area contributed by atoms with E-state index in [1.165, 1.54) is 25.7 Å². The van der Waals surface area contributed by atoms with Crippen LogP contribution in [0.2, 0.25) is 0 Å². The van der Waals surface area contributed by atoms with Crippen molar-refractivity contribution in [3.8, 4) is 0 Å². The van der Waals surface area contributed by atoms with Crippen LogP contribution < -0.4 is 5.73 Å². The molecule has 3 nitrogen and oxygen atoms in total. The van der Waals surface area contributed by atoms with Crippen LogP contribution in [0, 0.1) is 11.3 Å². The Morgan fingerprint density at radius 1 is 1.29 bits per heavy atom. The zero-order chi connectivity index (χ0) is 12.5. The zero-order valence-corrected chi connectivity index (χ0v) is 11.2. The predicted molar refractivity (Wildman–Crippen MR) is 69.5 cm³/mol. The van der Waals surface area contributed by atoms with E-state index >= 15 is 0 Å². The fraction of sp³-hybridized carbons (Fsp3) is 0.929. The summed E-state index contributed by atoms with van der Waals surface area (Å²) in [4.78, 5) is 14.6. The maximum absolute atomic E-state index is 12.6. The first-order chi connectivity index (χ1) is 8.10. The molecule has 2 atom stereocenters. The van der Waals surface area contributed by atoms with Crippen LogP contribution in [0.15, 0.2) is 0 Å². The van der Waals surface area contributed by atoms with Crippen LogP contribution >= 0.6 is 0 Å². The van der Waals surface area contributed by atoms with Gasteiger partial charge in [-0.2, -0.15) is 0 Å². The summed E-state index contributed by atoms with van der Waals surface area (Å²) >= 11 is 0. The fourth-order valence-corrected chi connectivity index (χ4v) is 3.51. The number of hydrogen-bond acceptors (Lipinski definition) is 2. The largest absolute Gasteiger partial charge is 0.342 e. The molecule has 2 rings (SSSR count). The van der Waals surface area contributed by atoms with E-state index in [2.05, 4.69) is 6.92 Å². The molecule has 3 heteroatoms. The molecular weight excluding hydrogens is 212 g/mol. The number of nitrogens with zero attached hydrogens (tertiary/aromatic N) is 1. The summed E-state index contributed by atoms with van der Waals surface area (Å²) in [5.41, 5.74) is 5.62. The maximum Gasteiger partial charge on any atom is 0.230 e. The first-order valence-corrected chi connectivity index (χ1v) is 7.08. The Hall–Kier alpha value is -0.570. The van der Waals surface area contributed by atoms with Gasteiger partial charge in [0.15, 0.2) is 0 Å². The Balaban J connectivity index is 2.03. The molecule has 0 heterocycles. The van der Waals surface area contributed by atoms with Crippen LogP contribution in [0.25, 0.3) is 0 Å². The van der Waals surface area contributed by atoms with Crippen LogP contribution in [-0.4, -0.2) is 30.4 Å². The molecule has 0 saturated heterocycles. The minimum absolute atomic E-state index is 0.202. The molecule has 2 fully saturated rings. The lowest BCUT2D eigenvalue weighted by Crippen LogP contribution is -2.54. The standard InChI is InChI=1S/C14H26N2O/c1-11-6-3-4-7-12(11)16(2)13(17)14(10-15)8-5-9-14/h11-12H,3-10,15H2,1-2H3. The molecule has 1 amide bonds. The van der Waals surface area contributed by atoms with Crippen molar-refractivity contribution in [2.24, 2.45) is 17.1 Å². The van der Waals surface area contributed by atoms with E-state index in [-0.39, 0.29) is 5.41 Å². The van der Waals surface area contributed by atoms with Crippen molar-refractivity contribution in [2.45, 2.75) is 57.9 Å². The molecule has 0 spiro atoms. The van der Waals surface area contributed by atoms with E-state index in [1.807, 2.05) is 11.9 Å². The van der Waals surface area contributed by atoms with Gasteiger partial charge in [0.2, 0.25) is 5.91 Å². The first kappa shape index (κ1) is 12.9. The Labute approximate surface area is 105 Å². The van der Waals surface area contributed by atoms with Crippen molar-refractivity contribution in [2.75, 3.05) is 13.6 Å². The number of nitrogens with two attached hydrogens (primary N) is 1. The number of rotatable bonds is 3. The Bertz CT molecular complexity index is 280. The number of amides is 1. The van der Waals surface area contributed by atoms with Crippen molar-refractivity contribution < 1.29 is 4.79 Å². The smallest absolute Gasteiger partial charge is 0.230 e. The third kappa shape index (κ3) is 2.22. The molecule has 0 aromatic heterocycles. The fourth-order valence-electron chi connectivity index (χ4n) is 3.51. The lowest BCUT2D eigenvalue weighted by atomic mass is 9.67. The molecule has 2 aliphatic rings. The summed E-state index contributed by atoms with van der Waals surface area (Å²) in [6.45, 7) is 2.81. The molecule has 2 saturated carbocycles. The van der Waals surface area contributed by atoms with Crippen molar-refractivity contribution in [1.29, 1.82) is 0 Å². The highest BCUT2D eigenvalue weighted by Crippen LogP contribution is 2.42. The molecule has 0 aliphatic heterocycles. The third-order valence-electron chi connectivity index (χ3n) is 5.04. The van der Waals surface area contributed by atoms with Crippen molar-refractivity contribution in [3.63, 3.8) is 0 Å². The topological polar surface area (TPSA) is 46.3 Å². The van der Waals surface area contributed by atoms with Crippen LogP contribution in [0.4, 0.5) is 0 Å². The van der Waals surface area contributed by atoms with Gasteiger partial charge in [0, 0.05) is 19.6 Å². The molecule has 0 aromatic carbocycles. The van der Waals surface area contributed by atoms with Gasteiger partial charge in [-0.05, 0) is 31.6 Å². The summed E-state index contributed by atoms with van der Waals surface area (Å²) < 4.78 is 0. The summed E-state index contributed by atoms with van der Waals surface area (Å²) in [5, 5.41) is 0. The van der Waals surface area contributed by atoms with Gasteiger partial charge in [-0.15, -0.1) is 0 Å². The second-order valence-corrected chi connectivity index (χ2v) is 6.08. The van der Waals surface area contributed by atoms with Gasteiger partial charge in [-0.1, -0.05) is 26.2 Å². The SMILES string of the molecule is CC1CCCCC1N(C)C(=O)C1(CN)CCC1. The Morgan fingerprint density at radius 3 is 2.41 bits per heavy atom. The average molecular weight is 238 g/mol. The molecule has 2 aliphatic carbocycles. The maximum atomic E-state index is 12.6. The second-order valence-electron chi connectivity index (χ2n) is 6.08.